The molecule has 0 aliphatic carbocycles. The third-order valence-corrected chi connectivity index (χ3v) is 6.15. The molecule has 0 bridgehead atoms. The molecule has 0 saturated carbocycles. The summed E-state index contributed by atoms with van der Waals surface area (Å²) in [5.74, 6) is 4.07. The largest absolute Gasteiger partial charge is 0.454 e. The number of anilines is 2. The van der Waals surface area contributed by atoms with Crippen molar-refractivity contribution in [2.24, 2.45) is 0 Å². The lowest BCUT2D eigenvalue weighted by Crippen LogP contribution is -2.49. The van der Waals surface area contributed by atoms with Gasteiger partial charge in [0.2, 0.25) is 6.79 Å². The smallest absolute Gasteiger partial charge is 0.254 e. The van der Waals surface area contributed by atoms with Gasteiger partial charge >= 0.3 is 0 Å². The van der Waals surface area contributed by atoms with Crippen molar-refractivity contribution in [2.45, 2.75) is 6.92 Å². The van der Waals surface area contributed by atoms with Gasteiger partial charge in [-0.05, 0) is 32.2 Å². The fourth-order valence-corrected chi connectivity index (χ4v) is 4.25. The van der Waals surface area contributed by atoms with Gasteiger partial charge in [-0.2, -0.15) is 0 Å². The monoisotopic (exact) mass is 424 g/mol. The Balaban J connectivity index is 1.24. The van der Waals surface area contributed by atoms with Crippen molar-refractivity contribution in [3.05, 3.63) is 35.7 Å². The molecule has 9 heteroatoms. The molecule has 0 radical (unpaired) electrons. The minimum absolute atomic E-state index is 0.0231. The van der Waals surface area contributed by atoms with Crippen LogP contribution in [0.25, 0.3) is 0 Å². The predicted molar refractivity (Wildman–Crippen MR) is 117 cm³/mol. The van der Waals surface area contributed by atoms with Crippen LogP contribution >= 0.6 is 0 Å². The average molecular weight is 425 g/mol. The number of aromatic nitrogens is 2. The van der Waals surface area contributed by atoms with Gasteiger partial charge in [0.25, 0.3) is 5.91 Å². The highest BCUT2D eigenvalue weighted by Gasteiger charge is 2.26. The maximum absolute atomic E-state index is 13.0. The van der Waals surface area contributed by atoms with Crippen molar-refractivity contribution >= 4 is 17.5 Å². The summed E-state index contributed by atoms with van der Waals surface area (Å²) >= 11 is 0. The van der Waals surface area contributed by atoms with Crippen LogP contribution in [-0.2, 0) is 0 Å². The van der Waals surface area contributed by atoms with E-state index in [1.165, 1.54) is 0 Å². The molecule has 31 heavy (non-hydrogen) atoms. The molecule has 1 amide bonds. The number of hydrogen-bond acceptors (Lipinski definition) is 8. The van der Waals surface area contributed by atoms with Crippen molar-refractivity contribution in [3.63, 3.8) is 0 Å². The Morgan fingerprint density at radius 1 is 0.839 bits per heavy atom. The van der Waals surface area contributed by atoms with Crippen LogP contribution in [0.5, 0.6) is 11.5 Å². The number of hydrogen-bond donors (Lipinski definition) is 0. The van der Waals surface area contributed by atoms with Crippen LogP contribution < -0.4 is 19.3 Å². The summed E-state index contributed by atoms with van der Waals surface area (Å²) in [7, 11) is 2.15. The zero-order chi connectivity index (χ0) is 21.4. The summed E-state index contributed by atoms with van der Waals surface area (Å²) in [6.07, 6.45) is 0. The highest BCUT2D eigenvalue weighted by Crippen LogP contribution is 2.33. The van der Waals surface area contributed by atoms with E-state index in [0.29, 0.717) is 30.2 Å². The SMILES string of the molecule is Cc1nc(N2CCN(C)CC2)cc(N2CCN(C(=O)c3ccc4c(c3)OCO4)CC2)n1. The van der Waals surface area contributed by atoms with Gasteiger partial charge in [-0.25, -0.2) is 9.97 Å². The van der Waals surface area contributed by atoms with Gasteiger partial charge in [0, 0.05) is 64.0 Å². The summed E-state index contributed by atoms with van der Waals surface area (Å²) in [6, 6.07) is 7.47. The minimum atomic E-state index is 0.0231. The molecular weight excluding hydrogens is 396 g/mol. The van der Waals surface area contributed by atoms with Gasteiger partial charge in [-0.3, -0.25) is 4.79 Å². The first kappa shape index (κ1) is 19.9. The van der Waals surface area contributed by atoms with Gasteiger partial charge in [0.05, 0.1) is 0 Å². The molecule has 0 unspecified atom stereocenters. The number of likely N-dealkylation sites (N-methyl/N-ethyl adjacent to an activating group) is 1. The number of aryl methyl sites for hydroxylation is 1. The molecule has 3 aliphatic heterocycles. The van der Waals surface area contributed by atoms with E-state index in [2.05, 4.69) is 37.8 Å². The van der Waals surface area contributed by atoms with Gasteiger partial charge in [-0.15, -0.1) is 0 Å². The van der Waals surface area contributed by atoms with E-state index >= 15 is 0 Å². The van der Waals surface area contributed by atoms with Crippen LogP contribution in [-0.4, -0.2) is 91.9 Å². The van der Waals surface area contributed by atoms with E-state index in [4.69, 9.17) is 9.47 Å². The van der Waals surface area contributed by atoms with Crippen LogP contribution in [0.4, 0.5) is 11.6 Å². The second-order valence-electron chi connectivity index (χ2n) is 8.27. The predicted octanol–water partition coefficient (Wildman–Crippen LogP) is 1.23. The normalized spacial score (nSPS) is 19.1. The molecule has 0 spiro atoms. The quantitative estimate of drug-likeness (QED) is 0.729. The number of benzene rings is 1. The van der Waals surface area contributed by atoms with E-state index in [-0.39, 0.29) is 12.7 Å². The van der Waals surface area contributed by atoms with Gasteiger partial charge < -0.3 is 29.1 Å². The molecule has 4 heterocycles. The Morgan fingerprint density at radius 3 is 2.13 bits per heavy atom. The molecule has 0 N–H and O–H groups in total. The van der Waals surface area contributed by atoms with E-state index in [1.54, 1.807) is 18.2 Å². The van der Waals surface area contributed by atoms with Crippen LogP contribution in [0.15, 0.2) is 24.3 Å². The zero-order valence-corrected chi connectivity index (χ0v) is 18.1. The second kappa shape index (κ2) is 8.22. The first-order valence-electron chi connectivity index (χ1n) is 10.8. The van der Waals surface area contributed by atoms with Crippen LogP contribution in [0, 0.1) is 6.92 Å². The molecule has 0 atom stereocenters. The number of piperazine rings is 2. The standard InChI is InChI=1S/C22H28N6O3/c1-16-23-20(26-7-5-25(2)6-8-26)14-21(24-16)27-9-11-28(12-10-27)22(29)17-3-4-18-19(13-17)31-15-30-18/h3-4,13-14H,5-12,15H2,1-2H3. The Bertz CT molecular complexity index is 968. The molecule has 1 aromatic carbocycles. The summed E-state index contributed by atoms with van der Waals surface area (Å²) in [5.41, 5.74) is 0.632. The molecule has 164 valence electrons. The molecule has 2 fully saturated rings. The Hall–Kier alpha value is -3.07. The summed E-state index contributed by atoms with van der Waals surface area (Å²) in [4.78, 5) is 31.1. The number of fused-ring (bicyclic) bond motifs is 1. The maximum Gasteiger partial charge on any atom is 0.254 e. The molecule has 3 aliphatic rings. The third kappa shape index (κ3) is 4.10. The minimum Gasteiger partial charge on any atom is -0.454 e. The Kier molecular flexibility index (Phi) is 5.27. The highest BCUT2D eigenvalue weighted by molar-refractivity contribution is 5.95. The summed E-state index contributed by atoms with van der Waals surface area (Å²) in [5, 5.41) is 0. The lowest BCUT2D eigenvalue weighted by molar-refractivity contribution is 0.0746. The van der Waals surface area contributed by atoms with Crippen molar-refractivity contribution in [1.82, 2.24) is 19.8 Å². The summed E-state index contributed by atoms with van der Waals surface area (Å²) < 4.78 is 10.7. The lowest BCUT2D eigenvalue weighted by atomic mass is 10.1. The summed E-state index contributed by atoms with van der Waals surface area (Å²) in [6.45, 7) is 8.99. The Labute approximate surface area is 182 Å². The first-order valence-corrected chi connectivity index (χ1v) is 10.8. The Morgan fingerprint density at radius 2 is 1.45 bits per heavy atom. The number of rotatable bonds is 3. The topological polar surface area (TPSA) is 74.3 Å². The van der Waals surface area contributed by atoms with E-state index in [0.717, 1.165) is 56.7 Å². The third-order valence-electron chi connectivity index (χ3n) is 6.15. The second-order valence-corrected chi connectivity index (χ2v) is 8.27. The maximum atomic E-state index is 13.0. The van der Waals surface area contributed by atoms with Crippen LogP contribution in [0.2, 0.25) is 0 Å². The van der Waals surface area contributed by atoms with Crippen molar-refractivity contribution in [3.8, 4) is 11.5 Å². The number of carbonyl (C=O) groups is 1. The lowest BCUT2D eigenvalue weighted by Gasteiger charge is -2.37. The van der Waals surface area contributed by atoms with Crippen molar-refractivity contribution < 1.29 is 14.3 Å². The van der Waals surface area contributed by atoms with Crippen molar-refractivity contribution in [1.29, 1.82) is 0 Å². The number of amides is 1. The van der Waals surface area contributed by atoms with Gasteiger partial charge in [0.1, 0.15) is 17.5 Å². The van der Waals surface area contributed by atoms with E-state index < -0.39 is 0 Å². The number of nitrogens with zero attached hydrogens (tertiary/aromatic N) is 6. The molecule has 2 saturated heterocycles. The molecule has 5 rings (SSSR count). The van der Waals surface area contributed by atoms with Crippen molar-refractivity contribution in [2.75, 3.05) is 76.0 Å². The fourth-order valence-electron chi connectivity index (χ4n) is 4.25. The first-order chi connectivity index (χ1) is 15.1. The van der Waals surface area contributed by atoms with Gasteiger partial charge in [-0.1, -0.05) is 0 Å². The molecule has 2 aromatic rings. The highest BCUT2D eigenvalue weighted by atomic mass is 16.7. The van der Waals surface area contributed by atoms with Gasteiger partial charge in [0.15, 0.2) is 11.5 Å². The van der Waals surface area contributed by atoms with E-state index in [1.807, 2.05) is 11.8 Å². The zero-order valence-electron chi connectivity index (χ0n) is 18.1. The fraction of sp³-hybridized carbons (Fsp3) is 0.500. The average Bonchev–Trinajstić information content (AvgIpc) is 3.27. The molecular formula is C22H28N6O3. The molecule has 9 nitrogen and oxygen atoms in total. The number of carbonyl (C=O) groups excluding carboxylic acids is 1. The van der Waals surface area contributed by atoms with Crippen LogP contribution in [0.1, 0.15) is 16.2 Å². The molecule has 1 aromatic heterocycles. The number of ether oxygens (including phenoxy) is 2. The van der Waals surface area contributed by atoms with E-state index in [9.17, 15) is 4.79 Å². The van der Waals surface area contributed by atoms with Crippen LogP contribution in [0.3, 0.4) is 0 Å².